The molecule has 2 aliphatic heterocycles. The van der Waals surface area contributed by atoms with Gasteiger partial charge < -0.3 is 29.5 Å². The molecule has 0 atom stereocenters. The van der Waals surface area contributed by atoms with Crippen molar-refractivity contribution in [3.8, 4) is 44.0 Å². The Hall–Kier alpha value is -4.22. The fourth-order valence-electron chi connectivity index (χ4n) is 6.24. The van der Waals surface area contributed by atoms with Crippen molar-refractivity contribution in [3.63, 3.8) is 0 Å². The van der Waals surface area contributed by atoms with Gasteiger partial charge in [0.05, 0.1) is 37.8 Å². The first-order valence-corrected chi connectivity index (χ1v) is 16.5. The van der Waals surface area contributed by atoms with Gasteiger partial charge in [-0.3, -0.25) is 0 Å². The lowest BCUT2D eigenvalue weighted by atomic mass is 10.00. The summed E-state index contributed by atoms with van der Waals surface area (Å²) in [4.78, 5) is 14.7. The van der Waals surface area contributed by atoms with Crippen LogP contribution in [0.3, 0.4) is 0 Å². The summed E-state index contributed by atoms with van der Waals surface area (Å²) < 4.78 is 11.1. The predicted octanol–water partition coefficient (Wildman–Crippen LogP) is 6.99. The number of hydrogen-bond donors (Lipinski definition) is 2. The van der Waals surface area contributed by atoms with Gasteiger partial charge in [0.2, 0.25) is 0 Å². The Kier molecular flexibility index (Phi) is 7.06. The summed E-state index contributed by atoms with van der Waals surface area (Å²) >= 11 is 3.13. The number of fused-ring (bicyclic) bond motifs is 2. The van der Waals surface area contributed by atoms with Crippen molar-refractivity contribution < 1.29 is 19.7 Å². The predicted molar refractivity (Wildman–Crippen MR) is 178 cm³/mol. The molecule has 4 heterocycles. The number of anilines is 2. The molecular formula is C34H30N4O4S2. The summed E-state index contributed by atoms with van der Waals surface area (Å²) in [6.07, 6.45) is 0. The van der Waals surface area contributed by atoms with E-state index in [-0.39, 0.29) is 11.5 Å². The summed E-state index contributed by atoms with van der Waals surface area (Å²) in [5.41, 5.74) is 5.96. The Bertz CT molecular complexity index is 1850. The number of phenolic OH excluding ortho intramolecular Hbond substituents is 2. The molecule has 0 spiro atoms. The van der Waals surface area contributed by atoms with Gasteiger partial charge in [0.25, 0.3) is 0 Å². The molecule has 2 aliphatic rings. The molecule has 0 amide bonds. The highest BCUT2D eigenvalue weighted by molar-refractivity contribution is 7.20. The quantitative estimate of drug-likeness (QED) is 0.213. The van der Waals surface area contributed by atoms with Gasteiger partial charge in [-0.25, -0.2) is 9.97 Å². The fourth-order valence-corrected chi connectivity index (χ4v) is 7.93. The minimum atomic E-state index is 0.232. The molecule has 10 heteroatoms. The number of morpholine rings is 2. The molecule has 0 saturated carbocycles. The van der Waals surface area contributed by atoms with Crippen LogP contribution in [0.15, 0.2) is 71.4 Å². The molecular weight excluding hydrogens is 593 g/mol. The first-order chi connectivity index (χ1) is 21.6. The molecule has 0 aliphatic carbocycles. The molecule has 8 nitrogen and oxygen atoms in total. The van der Waals surface area contributed by atoms with Crippen molar-refractivity contribution in [2.45, 2.75) is 0 Å². The smallest absolute Gasteiger partial charge is 0.152 e. The SMILES string of the molecule is Oc1ccc2c(N3CCOCC3)ccc(-c3csc(-c4nc(-c5ccc(N6CCOCC6)c6ccc(O)cc56)cs4)n3)c2c1. The minimum absolute atomic E-state index is 0.232. The van der Waals surface area contributed by atoms with Crippen LogP contribution < -0.4 is 9.80 Å². The number of phenols is 2. The third kappa shape index (κ3) is 4.93. The van der Waals surface area contributed by atoms with E-state index >= 15 is 0 Å². The number of nitrogens with zero attached hydrogens (tertiary/aromatic N) is 4. The van der Waals surface area contributed by atoms with Crippen molar-refractivity contribution in [2.75, 3.05) is 62.4 Å². The van der Waals surface area contributed by atoms with E-state index in [1.807, 2.05) is 24.3 Å². The van der Waals surface area contributed by atoms with Gasteiger partial charge in [-0.1, -0.05) is 12.1 Å². The maximum Gasteiger partial charge on any atom is 0.152 e. The lowest BCUT2D eigenvalue weighted by molar-refractivity contribution is 0.122. The zero-order valence-electron chi connectivity index (χ0n) is 23.9. The number of ether oxygens (including phenoxy) is 2. The van der Waals surface area contributed by atoms with Crippen LogP contribution in [-0.4, -0.2) is 72.8 Å². The van der Waals surface area contributed by atoms with E-state index in [4.69, 9.17) is 19.4 Å². The molecule has 2 fully saturated rings. The van der Waals surface area contributed by atoms with Crippen molar-refractivity contribution in [3.05, 3.63) is 71.4 Å². The average molecular weight is 623 g/mol. The highest BCUT2D eigenvalue weighted by atomic mass is 32.1. The van der Waals surface area contributed by atoms with Crippen molar-refractivity contribution in [1.29, 1.82) is 0 Å². The first-order valence-electron chi connectivity index (χ1n) is 14.7. The van der Waals surface area contributed by atoms with Gasteiger partial charge in [0, 0.05) is 70.2 Å². The molecule has 2 N–H and O–H groups in total. The number of benzene rings is 4. The maximum atomic E-state index is 10.4. The molecule has 8 rings (SSSR count). The molecule has 2 aromatic heterocycles. The Balaban J connectivity index is 1.15. The third-order valence-electron chi connectivity index (χ3n) is 8.40. The molecule has 2 saturated heterocycles. The molecule has 4 aromatic carbocycles. The lowest BCUT2D eigenvalue weighted by Crippen LogP contribution is -2.36. The topological polar surface area (TPSA) is 91.2 Å². The molecule has 0 bridgehead atoms. The number of rotatable bonds is 5. The van der Waals surface area contributed by atoms with Crippen molar-refractivity contribution in [1.82, 2.24) is 9.97 Å². The average Bonchev–Trinajstić information content (AvgIpc) is 3.75. The van der Waals surface area contributed by atoms with E-state index in [0.29, 0.717) is 26.4 Å². The Labute approximate surface area is 262 Å². The summed E-state index contributed by atoms with van der Waals surface area (Å²) in [5, 5.41) is 30.7. The van der Waals surface area contributed by atoms with Crippen molar-refractivity contribution in [2.24, 2.45) is 0 Å². The van der Waals surface area contributed by atoms with Crippen LogP contribution in [-0.2, 0) is 9.47 Å². The van der Waals surface area contributed by atoms with E-state index in [9.17, 15) is 10.2 Å². The summed E-state index contributed by atoms with van der Waals surface area (Å²) in [5.74, 6) is 0.464. The van der Waals surface area contributed by atoms with E-state index in [1.54, 1.807) is 34.8 Å². The molecule has 6 aromatic rings. The molecule has 0 radical (unpaired) electrons. The normalized spacial score (nSPS) is 15.8. The molecule has 222 valence electrons. The van der Waals surface area contributed by atoms with E-state index < -0.39 is 0 Å². The summed E-state index contributed by atoms with van der Waals surface area (Å²) in [6, 6.07) is 19.7. The zero-order valence-corrected chi connectivity index (χ0v) is 25.5. The Morgan fingerprint density at radius 3 is 1.41 bits per heavy atom. The second kappa shape index (κ2) is 11.4. The van der Waals surface area contributed by atoms with Gasteiger partial charge in [-0.05, 0) is 59.3 Å². The summed E-state index contributed by atoms with van der Waals surface area (Å²) in [6.45, 7) is 6.20. The molecule has 44 heavy (non-hydrogen) atoms. The highest BCUT2D eigenvalue weighted by Gasteiger charge is 2.20. The Morgan fingerprint density at radius 2 is 0.977 bits per heavy atom. The van der Waals surface area contributed by atoms with Crippen LogP contribution in [0.25, 0.3) is 54.1 Å². The second-order valence-corrected chi connectivity index (χ2v) is 12.7. The highest BCUT2D eigenvalue weighted by Crippen LogP contribution is 2.41. The van der Waals surface area contributed by atoms with Crippen LogP contribution in [0.4, 0.5) is 11.4 Å². The van der Waals surface area contributed by atoms with Gasteiger partial charge in [0.15, 0.2) is 10.0 Å². The number of hydrogen-bond acceptors (Lipinski definition) is 10. The van der Waals surface area contributed by atoms with E-state index in [1.165, 1.54) is 0 Å². The van der Waals surface area contributed by atoms with Crippen molar-refractivity contribution >= 4 is 55.6 Å². The first kappa shape index (κ1) is 27.3. The standard InChI is InChI=1S/C34H30N4O4S2/c39-21-1-3-25-27(17-21)23(5-7-31(25)37-9-13-41-14-10-37)29-19-43-33(35-29)34-36-30(20-44-34)24-6-8-32(38-11-15-42-16-12-38)26-4-2-22(40)18-28(24)26/h1-8,17-20,39-40H,9-16H2. The van der Waals surface area contributed by atoms with Crippen LogP contribution in [0.1, 0.15) is 0 Å². The van der Waals surface area contributed by atoms with Crippen LogP contribution in [0, 0.1) is 0 Å². The van der Waals surface area contributed by atoms with Crippen LogP contribution in [0.5, 0.6) is 11.5 Å². The van der Waals surface area contributed by atoms with Gasteiger partial charge in [-0.15, -0.1) is 22.7 Å². The van der Waals surface area contributed by atoms with Crippen LogP contribution in [0.2, 0.25) is 0 Å². The second-order valence-electron chi connectivity index (χ2n) is 11.0. The monoisotopic (exact) mass is 622 g/mol. The van der Waals surface area contributed by atoms with E-state index in [2.05, 4.69) is 44.8 Å². The lowest BCUT2D eigenvalue weighted by Gasteiger charge is -2.30. The largest absolute Gasteiger partial charge is 0.508 e. The van der Waals surface area contributed by atoms with Gasteiger partial charge >= 0.3 is 0 Å². The molecule has 0 unspecified atom stereocenters. The fraction of sp³-hybridized carbons (Fsp3) is 0.235. The Morgan fingerprint density at radius 1 is 0.545 bits per heavy atom. The minimum Gasteiger partial charge on any atom is -0.508 e. The van der Waals surface area contributed by atoms with Gasteiger partial charge in [-0.2, -0.15) is 0 Å². The van der Waals surface area contributed by atoms with E-state index in [0.717, 1.165) is 91.6 Å². The number of aromatic hydroxyl groups is 2. The maximum absolute atomic E-state index is 10.4. The number of aromatic nitrogens is 2. The zero-order chi connectivity index (χ0) is 29.6. The number of thiazole rings is 2. The third-order valence-corrected chi connectivity index (χ3v) is 10.2. The summed E-state index contributed by atoms with van der Waals surface area (Å²) in [7, 11) is 0. The van der Waals surface area contributed by atoms with Gasteiger partial charge in [0.1, 0.15) is 11.5 Å². The van der Waals surface area contributed by atoms with Crippen LogP contribution >= 0.6 is 22.7 Å².